The molecule has 1 aliphatic rings. The fourth-order valence-corrected chi connectivity index (χ4v) is 4.38. The van der Waals surface area contributed by atoms with Gasteiger partial charge in [-0.2, -0.15) is 0 Å². The highest BCUT2D eigenvalue weighted by atomic mass is 32.1. The van der Waals surface area contributed by atoms with Crippen molar-refractivity contribution in [2.45, 2.75) is 32.2 Å². The first-order valence-corrected chi connectivity index (χ1v) is 8.70. The van der Waals surface area contributed by atoms with Gasteiger partial charge in [-0.05, 0) is 48.9 Å². The van der Waals surface area contributed by atoms with E-state index in [0.29, 0.717) is 12.5 Å². The second-order valence-corrected chi connectivity index (χ2v) is 6.98. The summed E-state index contributed by atoms with van der Waals surface area (Å²) in [5, 5.41) is 4.11. The molecule has 6 heteroatoms. The molecule has 0 aliphatic heterocycles. The summed E-state index contributed by atoms with van der Waals surface area (Å²) in [6, 6.07) is 3.90. The van der Waals surface area contributed by atoms with E-state index in [1.165, 1.54) is 23.3 Å². The normalized spacial score (nSPS) is 14.0. The van der Waals surface area contributed by atoms with Crippen molar-refractivity contribution in [3.63, 3.8) is 0 Å². The molecule has 3 aromatic heterocycles. The third-order valence-corrected chi connectivity index (χ3v) is 5.58. The number of fused-ring (bicyclic) bond motifs is 3. The van der Waals surface area contributed by atoms with Gasteiger partial charge in [-0.15, -0.1) is 11.3 Å². The second-order valence-electron chi connectivity index (χ2n) is 5.90. The predicted octanol–water partition coefficient (Wildman–Crippen LogP) is 2.88. The van der Waals surface area contributed by atoms with Gasteiger partial charge < -0.3 is 5.32 Å². The van der Waals surface area contributed by atoms with Crippen LogP contribution in [0.5, 0.6) is 0 Å². The Hall–Kier alpha value is -2.21. The highest BCUT2D eigenvalue weighted by molar-refractivity contribution is 7.18. The summed E-state index contributed by atoms with van der Waals surface area (Å²) in [4.78, 5) is 23.7. The van der Waals surface area contributed by atoms with E-state index in [1.54, 1.807) is 35.3 Å². The Kier molecular flexibility index (Phi) is 3.61. The number of hydrogen-bond acceptors (Lipinski definition) is 5. The van der Waals surface area contributed by atoms with Crippen LogP contribution in [0.1, 0.15) is 28.8 Å². The number of aryl methyl sites for hydroxylation is 2. The number of rotatable bonds is 3. The third-order valence-electron chi connectivity index (χ3n) is 4.40. The van der Waals surface area contributed by atoms with Crippen LogP contribution in [-0.2, 0) is 26.4 Å². The zero-order valence-electron chi connectivity index (χ0n) is 13.0. The molecule has 3 aromatic rings. The maximum absolute atomic E-state index is 12.8. The molecule has 4 rings (SSSR count). The van der Waals surface area contributed by atoms with Gasteiger partial charge in [0.15, 0.2) is 0 Å². The molecule has 3 heterocycles. The number of aromatic nitrogens is 3. The van der Waals surface area contributed by atoms with Crippen LogP contribution < -0.4 is 10.9 Å². The Labute approximate surface area is 138 Å². The van der Waals surface area contributed by atoms with Gasteiger partial charge in [0.2, 0.25) is 5.95 Å². The fourth-order valence-electron chi connectivity index (χ4n) is 3.13. The molecule has 23 heavy (non-hydrogen) atoms. The zero-order valence-corrected chi connectivity index (χ0v) is 13.8. The van der Waals surface area contributed by atoms with Crippen molar-refractivity contribution < 1.29 is 0 Å². The molecule has 0 atom stereocenters. The van der Waals surface area contributed by atoms with Crippen molar-refractivity contribution in [2.24, 2.45) is 7.05 Å². The highest BCUT2D eigenvalue weighted by Gasteiger charge is 2.20. The van der Waals surface area contributed by atoms with Crippen LogP contribution in [-0.4, -0.2) is 14.5 Å². The Balaban J connectivity index is 1.73. The topological polar surface area (TPSA) is 59.8 Å². The first-order valence-electron chi connectivity index (χ1n) is 7.88. The van der Waals surface area contributed by atoms with E-state index in [-0.39, 0.29) is 5.56 Å². The van der Waals surface area contributed by atoms with Gasteiger partial charge in [-0.1, -0.05) is 0 Å². The van der Waals surface area contributed by atoms with Gasteiger partial charge in [-0.25, -0.2) is 4.98 Å². The standard InChI is InChI=1S/C17H18N4OS/c1-21-16(22)14-12-4-2-3-5-13(12)23-15(14)20-17(21)19-10-11-6-8-18-9-7-11/h6-9H,2-5,10H2,1H3,(H,19,20). The van der Waals surface area contributed by atoms with E-state index >= 15 is 0 Å². The van der Waals surface area contributed by atoms with Gasteiger partial charge in [0.1, 0.15) is 4.83 Å². The largest absolute Gasteiger partial charge is 0.351 e. The minimum absolute atomic E-state index is 0.0617. The minimum atomic E-state index is 0.0617. The lowest BCUT2D eigenvalue weighted by atomic mass is 9.97. The molecule has 0 saturated heterocycles. The van der Waals surface area contributed by atoms with Crippen molar-refractivity contribution in [2.75, 3.05) is 5.32 Å². The molecule has 0 bridgehead atoms. The van der Waals surface area contributed by atoms with Crippen LogP contribution in [0.15, 0.2) is 29.3 Å². The zero-order chi connectivity index (χ0) is 15.8. The molecule has 1 N–H and O–H groups in total. The third kappa shape index (κ3) is 2.53. The lowest BCUT2D eigenvalue weighted by molar-refractivity contribution is 0.699. The van der Waals surface area contributed by atoms with Crippen LogP contribution >= 0.6 is 11.3 Å². The summed E-state index contributed by atoms with van der Waals surface area (Å²) in [6.45, 7) is 0.624. The van der Waals surface area contributed by atoms with E-state index in [1.807, 2.05) is 12.1 Å². The summed E-state index contributed by atoms with van der Waals surface area (Å²) in [7, 11) is 1.79. The summed E-state index contributed by atoms with van der Waals surface area (Å²) < 4.78 is 1.63. The Morgan fingerprint density at radius 1 is 1.26 bits per heavy atom. The van der Waals surface area contributed by atoms with Gasteiger partial charge in [0, 0.05) is 30.9 Å². The summed E-state index contributed by atoms with van der Waals surface area (Å²) in [5.41, 5.74) is 2.41. The quantitative estimate of drug-likeness (QED) is 0.804. The molecule has 118 valence electrons. The average molecular weight is 326 g/mol. The maximum atomic E-state index is 12.8. The molecule has 0 spiro atoms. The summed E-state index contributed by atoms with van der Waals surface area (Å²) >= 11 is 1.68. The van der Waals surface area contributed by atoms with Gasteiger partial charge in [0.25, 0.3) is 5.56 Å². The molecule has 0 saturated carbocycles. The molecule has 0 unspecified atom stereocenters. The number of pyridine rings is 1. The van der Waals surface area contributed by atoms with Crippen molar-refractivity contribution in [1.82, 2.24) is 14.5 Å². The van der Waals surface area contributed by atoms with E-state index < -0.39 is 0 Å². The predicted molar refractivity (Wildman–Crippen MR) is 93.1 cm³/mol. The smallest absolute Gasteiger partial charge is 0.263 e. The number of thiophene rings is 1. The molecule has 5 nitrogen and oxygen atoms in total. The van der Waals surface area contributed by atoms with Gasteiger partial charge in [0.05, 0.1) is 5.39 Å². The monoisotopic (exact) mass is 326 g/mol. The molecule has 0 aromatic carbocycles. The van der Waals surface area contributed by atoms with E-state index in [9.17, 15) is 4.79 Å². The SMILES string of the molecule is Cn1c(NCc2ccncc2)nc2sc3c(c2c1=O)CCCC3. The van der Waals surface area contributed by atoms with Crippen LogP contribution in [0.25, 0.3) is 10.2 Å². The van der Waals surface area contributed by atoms with E-state index in [0.717, 1.165) is 28.6 Å². The Morgan fingerprint density at radius 2 is 2.04 bits per heavy atom. The number of nitrogens with zero attached hydrogens (tertiary/aromatic N) is 3. The molecule has 0 amide bonds. The fraction of sp³-hybridized carbons (Fsp3) is 0.353. The highest BCUT2D eigenvalue weighted by Crippen LogP contribution is 2.34. The van der Waals surface area contributed by atoms with Crippen molar-refractivity contribution in [1.29, 1.82) is 0 Å². The van der Waals surface area contributed by atoms with Crippen LogP contribution in [0.4, 0.5) is 5.95 Å². The minimum Gasteiger partial charge on any atom is -0.351 e. The van der Waals surface area contributed by atoms with E-state index in [4.69, 9.17) is 4.98 Å². The van der Waals surface area contributed by atoms with Crippen molar-refractivity contribution >= 4 is 27.5 Å². The van der Waals surface area contributed by atoms with Crippen LogP contribution in [0.3, 0.4) is 0 Å². The lowest BCUT2D eigenvalue weighted by Gasteiger charge is -2.12. The maximum Gasteiger partial charge on any atom is 0.263 e. The number of nitrogens with one attached hydrogen (secondary N) is 1. The summed E-state index contributed by atoms with van der Waals surface area (Å²) in [6.07, 6.45) is 8.01. The van der Waals surface area contributed by atoms with Crippen molar-refractivity contribution in [3.8, 4) is 0 Å². The summed E-state index contributed by atoms with van der Waals surface area (Å²) in [5.74, 6) is 0.623. The average Bonchev–Trinajstić information content (AvgIpc) is 2.96. The van der Waals surface area contributed by atoms with Crippen LogP contribution in [0, 0.1) is 0 Å². The number of anilines is 1. The molecule has 0 fully saturated rings. The first kappa shape index (κ1) is 14.4. The van der Waals surface area contributed by atoms with Gasteiger partial charge in [-0.3, -0.25) is 14.3 Å². The molecular formula is C17H18N4OS. The van der Waals surface area contributed by atoms with E-state index in [2.05, 4.69) is 10.3 Å². The number of hydrogen-bond donors (Lipinski definition) is 1. The second kappa shape index (κ2) is 5.77. The molecular weight excluding hydrogens is 308 g/mol. The van der Waals surface area contributed by atoms with Crippen LogP contribution in [0.2, 0.25) is 0 Å². The molecule has 0 radical (unpaired) electrons. The van der Waals surface area contributed by atoms with Gasteiger partial charge >= 0.3 is 0 Å². The lowest BCUT2D eigenvalue weighted by Crippen LogP contribution is -2.22. The first-order chi connectivity index (χ1) is 11.2. The Morgan fingerprint density at radius 3 is 2.87 bits per heavy atom. The van der Waals surface area contributed by atoms with Crippen molar-refractivity contribution in [3.05, 3.63) is 50.9 Å². The molecule has 1 aliphatic carbocycles. The Bertz CT molecular complexity index is 914.